The fourth-order valence-corrected chi connectivity index (χ4v) is 3.94. The van der Waals surface area contributed by atoms with Gasteiger partial charge in [0.15, 0.2) is 0 Å². The van der Waals surface area contributed by atoms with Gasteiger partial charge in [0.1, 0.15) is 18.1 Å². The number of morpholine rings is 1. The van der Waals surface area contributed by atoms with E-state index in [2.05, 4.69) is 6.08 Å². The first-order valence-corrected chi connectivity index (χ1v) is 9.69. The Kier molecular flexibility index (Phi) is 5.71. The van der Waals surface area contributed by atoms with Crippen molar-refractivity contribution in [3.8, 4) is 11.5 Å². The summed E-state index contributed by atoms with van der Waals surface area (Å²) in [5.74, 6) is 1.56. The molecular weight excluding hydrogens is 370 g/mol. The number of fused-ring (bicyclic) bond motifs is 2. The SMILES string of the molecule is COc1ccc(OC)c(C2=CC3COCC(C2)N3C(=O)OCc2ccccc2)c1. The Morgan fingerprint density at radius 3 is 2.66 bits per heavy atom. The Hall–Kier alpha value is -2.99. The number of nitrogens with zero attached hydrogens (tertiary/aromatic N) is 1. The molecule has 1 fully saturated rings. The number of methoxy groups -OCH3 is 2. The van der Waals surface area contributed by atoms with Gasteiger partial charge in [0.2, 0.25) is 0 Å². The predicted molar refractivity (Wildman–Crippen MR) is 109 cm³/mol. The highest BCUT2D eigenvalue weighted by atomic mass is 16.6. The topological polar surface area (TPSA) is 57.2 Å². The first-order valence-electron chi connectivity index (χ1n) is 9.69. The van der Waals surface area contributed by atoms with E-state index >= 15 is 0 Å². The lowest BCUT2D eigenvalue weighted by Gasteiger charge is -2.43. The van der Waals surface area contributed by atoms with Crippen LogP contribution in [0.1, 0.15) is 17.5 Å². The Morgan fingerprint density at radius 2 is 1.93 bits per heavy atom. The van der Waals surface area contributed by atoms with Gasteiger partial charge in [-0.3, -0.25) is 4.90 Å². The molecule has 0 spiro atoms. The van der Waals surface area contributed by atoms with Crippen LogP contribution in [-0.4, -0.2) is 50.5 Å². The fourth-order valence-electron chi connectivity index (χ4n) is 3.94. The van der Waals surface area contributed by atoms with Gasteiger partial charge in [-0.15, -0.1) is 0 Å². The number of benzene rings is 2. The fraction of sp³-hybridized carbons (Fsp3) is 0.348. The third-order valence-corrected chi connectivity index (χ3v) is 5.37. The molecule has 0 saturated carbocycles. The highest BCUT2D eigenvalue weighted by Crippen LogP contribution is 2.38. The Balaban J connectivity index is 1.55. The summed E-state index contributed by atoms with van der Waals surface area (Å²) in [5.41, 5.74) is 3.09. The van der Waals surface area contributed by atoms with E-state index in [1.807, 2.05) is 53.4 Å². The molecule has 2 unspecified atom stereocenters. The number of rotatable bonds is 5. The van der Waals surface area contributed by atoms with Crippen molar-refractivity contribution in [2.45, 2.75) is 25.1 Å². The maximum absolute atomic E-state index is 12.8. The Bertz CT molecular complexity index is 895. The van der Waals surface area contributed by atoms with Crippen LogP contribution in [0.25, 0.3) is 5.57 Å². The molecule has 2 bridgehead atoms. The number of carbonyl (C=O) groups is 1. The van der Waals surface area contributed by atoms with Crippen LogP contribution < -0.4 is 9.47 Å². The summed E-state index contributed by atoms with van der Waals surface area (Å²) in [6.07, 6.45) is 2.44. The van der Waals surface area contributed by atoms with Crippen LogP contribution in [0, 0.1) is 0 Å². The lowest BCUT2D eigenvalue weighted by Crippen LogP contribution is -2.56. The van der Waals surface area contributed by atoms with E-state index < -0.39 is 0 Å². The molecule has 4 rings (SSSR count). The van der Waals surface area contributed by atoms with Crippen LogP contribution in [0.2, 0.25) is 0 Å². The number of hydrogen-bond acceptors (Lipinski definition) is 5. The molecule has 6 nitrogen and oxygen atoms in total. The Labute approximate surface area is 170 Å². The lowest BCUT2D eigenvalue weighted by molar-refractivity contribution is -0.0342. The first kappa shape index (κ1) is 19.3. The molecule has 0 aliphatic carbocycles. The summed E-state index contributed by atoms with van der Waals surface area (Å²) in [7, 11) is 3.31. The highest BCUT2D eigenvalue weighted by molar-refractivity contribution is 5.77. The molecule has 2 aliphatic heterocycles. The van der Waals surface area contributed by atoms with Crippen molar-refractivity contribution >= 4 is 11.7 Å². The van der Waals surface area contributed by atoms with Crippen LogP contribution in [0.3, 0.4) is 0 Å². The molecule has 0 radical (unpaired) electrons. The molecule has 1 amide bonds. The first-order chi connectivity index (χ1) is 14.2. The second-order valence-electron chi connectivity index (χ2n) is 7.17. The lowest BCUT2D eigenvalue weighted by atomic mass is 9.89. The molecule has 6 heteroatoms. The quantitative estimate of drug-likeness (QED) is 0.769. The van der Waals surface area contributed by atoms with Crippen molar-refractivity contribution in [3.05, 3.63) is 65.7 Å². The van der Waals surface area contributed by atoms with E-state index in [0.29, 0.717) is 19.6 Å². The van der Waals surface area contributed by atoms with Crippen LogP contribution in [-0.2, 0) is 16.1 Å². The van der Waals surface area contributed by atoms with Crippen molar-refractivity contribution in [1.29, 1.82) is 0 Å². The van der Waals surface area contributed by atoms with Crippen LogP contribution in [0.4, 0.5) is 4.79 Å². The summed E-state index contributed by atoms with van der Waals surface area (Å²) < 4.78 is 22.2. The monoisotopic (exact) mass is 395 g/mol. The smallest absolute Gasteiger partial charge is 0.411 e. The highest BCUT2D eigenvalue weighted by Gasteiger charge is 2.39. The van der Waals surface area contributed by atoms with Crippen LogP contribution in [0.15, 0.2) is 54.6 Å². The van der Waals surface area contributed by atoms with E-state index in [0.717, 1.165) is 28.2 Å². The maximum atomic E-state index is 12.8. The van der Waals surface area contributed by atoms with Gasteiger partial charge in [-0.2, -0.15) is 0 Å². The van der Waals surface area contributed by atoms with Crippen molar-refractivity contribution in [1.82, 2.24) is 4.90 Å². The zero-order chi connectivity index (χ0) is 20.2. The van der Waals surface area contributed by atoms with E-state index in [4.69, 9.17) is 18.9 Å². The number of ether oxygens (including phenoxy) is 4. The van der Waals surface area contributed by atoms with Gasteiger partial charge in [-0.25, -0.2) is 4.79 Å². The number of amides is 1. The van der Waals surface area contributed by atoms with Gasteiger partial charge in [-0.1, -0.05) is 36.4 Å². The van der Waals surface area contributed by atoms with Crippen molar-refractivity contribution in [2.24, 2.45) is 0 Å². The van der Waals surface area contributed by atoms with Gasteiger partial charge >= 0.3 is 6.09 Å². The van der Waals surface area contributed by atoms with Crippen molar-refractivity contribution in [2.75, 3.05) is 27.4 Å². The summed E-state index contributed by atoms with van der Waals surface area (Å²) in [6.45, 7) is 1.20. The van der Waals surface area contributed by atoms with E-state index in [-0.39, 0.29) is 24.8 Å². The van der Waals surface area contributed by atoms with Gasteiger partial charge in [0, 0.05) is 5.56 Å². The third kappa shape index (κ3) is 4.07. The molecule has 29 heavy (non-hydrogen) atoms. The van der Waals surface area contributed by atoms with Crippen molar-refractivity contribution < 1.29 is 23.7 Å². The Morgan fingerprint density at radius 1 is 1.10 bits per heavy atom. The van der Waals surface area contributed by atoms with E-state index in [1.54, 1.807) is 14.2 Å². The maximum Gasteiger partial charge on any atom is 0.411 e. The second-order valence-corrected chi connectivity index (χ2v) is 7.17. The zero-order valence-corrected chi connectivity index (χ0v) is 16.7. The summed E-state index contributed by atoms with van der Waals surface area (Å²) >= 11 is 0. The van der Waals surface area contributed by atoms with Crippen LogP contribution >= 0.6 is 0 Å². The number of carbonyl (C=O) groups excluding carboxylic acids is 1. The van der Waals surface area contributed by atoms with Crippen LogP contribution in [0.5, 0.6) is 11.5 Å². The molecule has 2 heterocycles. The third-order valence-electron chi connectivity index (χ3n) is 5.37. The average Bonchev–Trinajstić information content (AvgIpc) is 2.76. The normalized spacial score (nSPS) is 20.6. The second kappa shape index (κ2) is 8.57. The molecule has 2 aromatic rings. The zero-order valence-electron chi connectivity index (χ0n) is 16.7. The molecule has 1 saturated heterocycles. The molecule has 2 aromatic carbocycles. The minimum atomic E-state index is -0.305. The van der Waals surface area contributed by atoms with E-state index in [9.17, 15) is 4.79 Å². The standard InChI is InChI=1S/C23H25NO5/c1-26-20-8-9-22(27-2)21(12-20)17-10-18-14-28-15-19(11-17)24(18)23(25)29-13-16-6-4-3-5-7-16/h3-10,12,18-19H,11,13-15H2,1-2H3. The van der Waals surface area contributed by atoms with Gasteiger partial charge in [0.05, 0.1) is 39.5 Å². The molecule has 0 N–H and O–H groups in total. The molecule has 0 aromatic heterocycles. The molecule has 2 atom stereocenters. The summed E-state index contributed by atoms with van der Waals surface area (Å²) in [4.78, 5) is 14.6. The van der Waals surface area contributed by atoms with Gasteiger partial charge < -0.3 is 18.9 Å². The van der Waals surface area contributed by atoms with Gasteiger partial charge in [-0.05, 0) is 35.8 Å². The summed E-state index contributed by atoms with van der Waals surface area (Å²) in [5, 5.41) is 0. The molecule has 152 valence electrons. The number of hydrogen-bond donors (Lipinski definition) is 0. The minimum Gasteiger partial charge on any atom is -0.497 e. The van der Waals surface area contributed by atoms with Crippen molar-refractivity contribution in [3.63, 3.8) is 0 Å². The van der Waals surface area contributed by atoms with E-state index in [1.165, 1.54) is 0 Å². The molecular formula is C23H25NO5. The summed E-state index contributed by atoms with van der Waals surface area (Å²) in [6, 6.07) is 15.2. The molecule has 2 aliphatic rings. The predicted octanol–water partition coefficient (Wildman–Crippen LogP) is 3.90. The van der Waals surface area contributed by atoms with Gasteiger partial charge in [0.25, 0.3) is 0 Å². The average molecular weight is 395 g/mol. The largest absolute Gasteiger partial charge is 0.497 e. The minimum absolute atomic E-state index is 0.0760.